The van der Waals surface area contributed by atoms with Gasteiger partial charge in [0.15, 0.2) is 0 Å². The minimum absolute atomic E-state index is 0.194. The molecule has 1 heterocycles. The zero-order chi connectivity index (χ0) is 40.6. The van der Waals surface area contributed by atoms with Gasteiger partial charge < -0.3 is 4.42 Å². The summed E-state index contributed by atoms with van der Waals surface area (Å²) in [5.41, 5.74) is 12.9. The minimum atomic E-state index is 0.194. The van der Waals surface area contributed by atoms with Gasteiger partial charge in [0, 0.05) is 10.8 Å². The largest absolute Gasteiger partial charge is 0.456 e. The molecule has 0 saturated carbocycles. The van der Waals surface area contributed by atoms with E-state index in [1.54, 1.807) is 0 Å². The summed E-state index contributed by atoms with van der Waals surface area (Å²) in [6.07, 6.45) is 0. The third kappa shape index (κ3) is 5.77. The molecule has 0 aliphatic rings. The van der Waals surface area contributed by atoms with Crippen molar-refractivity contribution in [3.05, 3.63) is 176 Å². The lowest BCUT2D eigenvalue weighted by atomic mass is 9.59. The van der Waals surface area contributed by atoms with Gasteiger partial charge in [-0.25, -0.2) is 0 Å². The van der Waals surface area contributed by atoms with Crippen molar-refractivity contribution in [3.8, 4) is 55.6 Å². The van der Waals surface area contributed by atoms with Crippen molar-refractivity contribution in [2.45, 2.75) is 0 Å². The van der Waals surface area contributed by atoms with Crippen LogP contribution in [-0.4, -0.2) is 39.2 Å². The maximum Gasteiger partial charge on any atom is 0.136 e. The first kappa shape index (κ1) is 36.2. The molecule has 0 aliphatic heterocycles. The summed E-state index contributed by atoms with van der Waals surface area (Å²) < 4.78 is 6.56. The van der Waals surface area contributed by atoms with E-state index in [4.69, 9.17) is 43.6 Å². The molecule has 0 N–H and O–H groups in total. The van der Waals surface area contributed by atoms with Crippen LogP contribution in [0.25, 0.3) is 110 Å². The lowest BCUT2D eigenvalue weighted by Crippen LogP contribution is -2.55. The molecule has 11 rings (SSSR count). The molecule has 0 bridgehead atoms. The smallest absolute Gasteiger partial charge is 0.136 e. The van der Waals surface area contributed by atoms with E-state index in [1.807, 2.05) is 18.2 Å². The monoisotopic (exact) mass is 748 g/mol. The van der Waals surface area contributed by atoms with E-state index in [0.717, 1.165) is 72.0 Å². The average molecular weight is 748 g/mol. The number of benzene rings is 10. The van der Waals surface area contributed by atoms with Crippen LogP contribution in [0.3, 0.4) is 0 Å². The highest BCUT2D eigenvalue weighted by atomic mass is 16.3. The molecule has 1 aromatic heterocycles. The van der Waals surface area contributed by atoms with Gasteiger partial charge in [-0.3, -0.25) is 0 Å². The Morgan fingerprint density at radius 1 is 0.267 bits per heavy atom. The quantitative estimate of drug-likeness (QED) is 0.126. The fraction of sp³-hybridized carbons (Fsp3) is 0. The number of furan rings is 1. The van der Waals surface area contributed by atoms with Gasteiger partial charge in [-0.2, -0.15) is 0 Å². The van der Waals surface area contributed by atoms with E-state index in [1.165, 1.54) is 32.3 Å². The van der Waals surface area contributed by atoms with Crippen LogP contribution in [0.2, 0.25) is 0 Å². The average Bonchev–Trinajstić information content (AvgIpc) is 3.69. The number of hydrogen-bond donors (Lipinski definition) is 0. The van der Waals surface area contributed by atoms with Crippen molar-refractivity contribution < 1.29 is 4.42 Å². The fourth-order valence-electron chi connectivity index (χ4n) is 9.10. The second kappa shape index (κ2) is 14.1. The molecule has 0 unspecified atom stereocenters. The molecule has 266 valence electrons. The summed E-state index contributed by atoms with van der Waals surface area (Å²) in [5, 5.41) is 9.64. The van der Waals surface area contributed by atoms with Gasteiger partial charge in [0.25, 0.3) is 0 Å². The van der Waals surface area contributed by atoms with E-state index in [2.05, 4.69) is 158 Å². The van der Waals surface area contributed by atoms with Crippen LogP contribution in [-0.2, 0) is 0 Å². The maximum atomic E-state index is 6.56. The topological polar surface area (TPSA) is 13.1 Å². The van der Waals surface area contributed by atoms with Gasteiger partial charge in [0.05, 0.1) is 0 Å². The second-order valence-electron chi connectivity index (χ2n) is 15.5. The normalized spacial score (nSPS) is 11.7. The van der Waals surface area contributed by atoms with Crippen molar-refractivity contribution in [2.24, 2.45) is 0 Å². The maximum absolute atomic E-state index is 6.56. The van der Waals surface area contributed by atoms with Gasteiger partial charge in [-0.15, -0.1) is 16.4 Å². The zero-order valence-corrected chi connectivity index (χ0v) is 32.5. The Hall–Kier alpha value is -6.90. The Kier molecular flexibility index (Phi) is 8.53. The van der Waals surface area contributed by atoms with Crippen molar-refractivity contribution in [1.82, 2.24) is 0 Å². The van der Waals surface area contributed by atoms with E-state index in [-0.39, 0.29) is 16.4 Å². The first-order chi connectivity index (χ1) is 29.3. The summed E-state index contributed by atoms with van der Waals surface area (Å²) in [4.78, 5) is 0. The molecule has 10 aromatic carbocycles. The van der Waals surface area contributed by atoms with E-state index in [9.17, 15) is 0 Å². The van der Waals surface area contributed by atoms with Gasteiger partial charge in [0.2, 0.25) is 0 Å². The third-order valence-corrected chi connectivity index (χ3v) is 12.1. The van der Waals surface area contributed by atoms with E-state index < -0.39 is 0 Å². The molecule has 6 heteroatoms. The van der Waals surface area contributed by atoms with Gasteiger partial charge in [-0.1, -0.05) is 138 Å². The summed E-state index contributed by atoms with van der Waals surface area (Å²) in [6.45, 7) is 0. The van der Waals surface area contributed by atoms with Crippen LogP contribution in [0.4, 0.5) is 0 Å². The molecular formula is C54H29B5O. The van der Waals surface area contributed by atoms with Crippen molar-refractivity contribution in [1.29, 1.82) is 0 Å². The minimum Gasteiger partial charge on any atom is -0.456 e. The SMILES string of the molecule is [B]c1c([B])c([B])c(-c2cccc(-c3cc(-c4ccccc4)cc(-c4ccc5oc6cccc(-c7ccc8c9ccccc9c9ccccc9c8c7)c6c5c4)c3)c2)c([B])c1[B]. The van der Waals surface area contributed by atoms with Crippen LogP contribution < -0.4 is 27.3 Å². The molecule has 0 amide bonds. The molecule has 11 aromatic rings. The second-order valence-corrected chi connectivity index (χ2v) is 15.5. The summed E-state index contributed by atoms with van der Waals surface area (Å²) >= 11 is 0. The summed E-state index contributed by atoms with van der Waals surface area (Å²) in [7, 11) is 31.7. The van der Waals surface area contributed by atoms with Crippen LogP contribution in [0, 0.1) is 0 Å². The highest BCUT2D eigenvalue weighted by Gasteiger charge is 2.18. The van der Waals surface area contributed by atoms with Crippen LogP contribution in [0.15, 0.2) is 180 Å². The highest BCUT2D eigenvalue weighted by Crippen LogP contribution is 2.42. The zero-order valence-electron chi connectivity index (χ0n) is 32.5. The number of hydrogen-bond acceptors (Lipinski definition) is 1. The molecule has 0 spiro atoms. The molecule has 0 aliphatic carbocycles. The first-order valence-corrected chi connectivity index (χ1v) is 19.9. The van der Waals surface area contributed by atoms with Crippen molar-refractivity contribution in [2.75, 3.05) is 0 Å². The van der Waals surface area contributed by atoms with Crippen molar-refractivity contribution in [3.63, 3.8) is 0 Å². The Labute approximate surface area is 355 Å². The Morgan fingerprint density at radius 2 is 0.733 bits per heavy atom. The third-order valence-electron chi connectivity index (χ3n) is 12.1. The molecule has 0 saturated heterocycles. The Balaban J connectivity index is 1.09. The van der Waals surface area contributed by atoms with Gasteiger partial charge in [-0.05, 0) is 136 Å². The summed E-state index contributed by atoms with van der Waals surface area (Å²) in [6, 6.07) is 62.3. The number of fused-ring (bicyclic) bond motifs is 9. The number of rotatable bonds is 5. The summed E-state index contributed by atoms with van der Waals surface area (Å²) in [5.74, 6) is 0. The van der Waals surface area contributed by atoms with E-state index >= 15 is 0 Å². The lowest BCUT2D eigenvalue weighted by molar-refractivity contribution is 0.669. The Morgan fingerprint density at radius 3 is 1.40 bits per heavy atom. The highest BCUT2D eigenvalue weighted by molar-refractivity contribution is 6.68. The predicted octanol–water partition coefficient (Wildman–Crippen LogP) is 9.35. The Bertz CT molecular complexity index is 3490. The lowest BCUT2D eigenvalue weighted by Gasteiger charge is -2.21. The first-order valence-electron chi connectivity index (χ1n) is 19.9. The van der Waals surface area contributed by atoms with Crippen LogP contribution >= 0.6 is 0 Å². The standard InChI is InChI=1S/C54H29B5O/c55-50-48(51(56)53(58)54(59)52(50)57)34-13-8-12-31(24-34)36-25-35(30-10-2-1-3-11-30)26-37(27-36)32-21-23-46-45(28-32)49-38(18-9-19-47(49)60-46)33-20-22-43-41-16-5-4-14-39(41)40-15-6-7-17-42(40)44(43)29-33/h1-29H. The van der Waals surface area contributed by atoms with Crippen LogP contribution in [0.5, 0.6) is 0 Å². The molecular weight excluding hydrogens is 719 g/mol. The molecule has 0 fully saturated rings. The van der Waals surface area contributed by atoms with Crippen LogP contribution in [0.1, 0.15) is 0 Å². The van der Waals surface area contributed by atoms with Gasteiger partial charge >= 0.3 is 0 Å². The predicted molar refractivity (Wildman–Crippen MR) is 260 cm³/mol. The molecule has 0 atom stereocenters. The van der Waals surface area contributed by atoms with Crippen molar-refractivity contribution >= 4 is 121 Å². The molecule has 1 nitrogen and oxygen atoms in total. The molecule has 10 radical (unpaired) electrons. The molecule has 60 heavy (non-hydrogen) atoms. The van der Waals surface area contributed by atoms with Gasteiger partial charge in [0.1, 0.15) is 50.4 Å². The fourth-order valence-corrected chi connectivity index (χ4v) is 9.10. The van der Waals surface area contributed by atoms with E-state index in [0.29, 0.717) is 16.5 Å².